The van der Waals surface area contributed by atoms with Gasteiger partial charge in [-0.05, 0) is 50.7 Å². The average molecular weight is 312 g/mol. The molecule has 90 valence electrons. The van der Waals surface area contributed by atoms with Crippen LogP contribution in [0.25, 0.3) is 11.4 Å². The maximum absolute atomic E-state index is 5.26. The van der Waals surface area contributed by atoms with E-state index in [0.29, 0.717) is 4.77 Å². The fraction of sp³-hybridized carbons (Fsp3) is 0.333. The summed E-state index contributed by atoms with van der Waals surface area (Å²) in [6, 6.07) is 6.45. The lowest BCUT2D eigenvalue weighted by Crippen LogP contribution is -2.04. The van der Waals surface area contributed by atoms with Crippen LogP contribution in [0.3, 0.4) is 0 Å². The molecule has 2 rings (SSSR count). The number of halogens is 1. The summed E-state index contributed by atoms with van der Waals surface area (Å²) in [5.41, 5.74) is 2.28. The Bertz CT molecular complexity index is 598. The Balaban J connectivity index is 2.69. The Labute approximate surface area is 114 Å². The number of aromatic nitrogens is 3. The Morgan fingerprint density at radius 1 is 1.41 bits per heavy atom. The number of H-pyrrole nitrogens is 1. The van der Waals surface area contributed by atoms with Crippen LogP contribution in [-0.4, -0.2) is 14.8 Å². The zero-order valence-corrected chi connectivity index (χ0v) is 12.4. The van der Waals surface area contributed by atoms with E-state index >= 15 is 0 Å². The number of hydrogen-bond donors (Lipinski definition) is 1. The van der Waals surface area contributed by atoms with E-state index in [0.717, 1.165) is 15.9 Å². The molecule has 0 unspecified atom stereocenters. The molecule has 0 atom stereocenters. The van der Waals surface area contributed by atoms with E-state index in [9.17, 15) is 0 Å². The number of aromatic amines is 1. The molecule has 0 saturated carbocycles. The molecule has 1 aromatic carbocycles. The first-order chi connectivity index (χ1) is 8.00. The van der Waals surface area contributed by atoms with Gasteiger partial charge in [-0.1, -0.05) is 22.0 Å². The molecule has 0 spiro atoms. The van der Waals surface area contributed by atoms with Crippen molar-refractivity contribution in [2.24, 2.45) is 0 Å². The van der Waals surface area contributed by atoms with Crippen molar-refractivity contribution in [2.45, 2.75) is 26.8 Å². The second-order valence-corrected chi connectivity index (χ2v) is 5.58. The summed E-state index contributed by atoms with van der Waals surface area (Å²) < 4.78 is 3.74. The molecule has 1 heterocycles. The quantitative estimate of drug-likeness (QED) is 0.841. The Morgan fingerprint density at radius 3 is 2.76 bits per heavy atom. The van der Waals surface area contributed by atoms with Gasteiger partial charge >= 0.3 is 0 Å². The molecule has 0 radical (unpaired) electrons. The highest BCUT2D eigenvalue weighted by molar-refractivity contribution is 9.10. The largest absolute Gasteiger partial charge is 0.298 e. The first-order valence-electron chi connectivity index (χ1n) is 5.44. The van der Waals surface area contributed by atoms with Crippen LogP contribution < -0.4 is 0 Å². The van der Waals surface area contributed by atoms with Crippen LogP contribution in [0.15, 0.2) is 22.7 Å². The van der Waals surface area contributed by atoms with Gasteiger partial charge in [0.15, 0.2) is 10.6 Å². The Hall–Kier alpha value is -0.940. The van der Waals surface area contributed by atoms with Crippen molar-refractivity contribution >= 4 is 28.1 Å². The molecule has 0 aliphatic rings. The van der Waals surface area contributed by atoms with Crippen molar-refractivity contribution < 1.29 is 0 Å². The van der Waals surface area contributed by atoms with E-state index in [2.05, 4.69) is 59.0 Å². The van der Waals surface area contributed by atoms with Gasteiger partial charge in [-0.3, -0.25) is 9.67 Å². The summed E-state index contributed by atoms with van der Waals surface area (Å²) in [5, 5.41) is 7.20. The topological polar surface area (TPSA) is 33.6 Å². The van der Waals surface area contributed by atoms with Crippen LogP contribution in [0.4, 0.5) is 0 Å². The van der Waals surface area contributed by atoms with Gasteiger partial charge in [0.05, 0.1) is 0 Å². The lowest BCUT2D eigenvalue weighted by atomic mass is 10.1. The molecule has 0 amide bonds. The van der Waals surface area contributed by atoms with Gasteiger partial charge in [0.1, 0.15) is 0 Å². The Kier molecular flexibility index (Phi) is 3.49. The van der Waals surface area contributed by atoms with Crippen molar-refractivity contribution in [3.05, 3.63) is 33.0 Å². The molecular weight excluding hydrogens is 298 g/mol. The normalized spacial score (nSPS) is 11.1. The second-order valence-electron chi connectivity index (χ2n) is 4.28. The molecule has 0 aliphatic carbocycles. The van der Waals surface area contributed by atoms with Crippen molar-refractivity contribution in [1.29, 1.82) is 0 Å². The van der Waals surface area contributed by atoms with Crippen LogP contribution in [0.2, 0.25) is 0 Å². The monoisotopic (exact) mass is 311 g/mol. The van der Waals surface area contributed by atoms with E-state index in [1.54, 1.807) is 0 Å². The predicted octanol–water partition coefficient (Wildman–Crippen LogP) is 4.26. The third-order valence-electron chi connectivity index (χ3n) is 2.66. The smallest absolute Gasteiger partial charge is 0.195 e. The standard InChI is InChI=1S/C12H14BrN3S/c1-7(2)16-11(14-15-12(16)17)10-6-9(13)5-4-8(10)3/h4-7H,1-3H3,(H,15,17). The molecule has 5 heteroatoms. The van der Waals surface area contributed by atoms with Gasteiger partial charge in [0.2, 0.25) is 0 Å². The van der Waals surface area contributed by atoms with Crippen LogP contribution in [0.1, 0.15) is 25.5 Å². The fourth-order valence-corrected chi connectivity index (χ4v) is 2.51. The zero-order valence-electron chi connectivity index (χ0n) is 9.99. The number of hydrogen-bond acceptors (Lipinski definition) is 2. The highest BCUT2D eigenvalue weighted by Gasteiger charge is 2.13. The molecule has 3 nitrogen and oxygen atoms in total. The predicted molar refractivity (Wildman–Crippen MR) is 75.7 cm³/mol. The molecule has 1 N–H and O–H groups in total. The third kappa shape index (κ3) is 2.35. The van der Waals surface area contributed by atoms with Gasteiger partial charge in [-0.25, -0.2) is 0 Å². The maximum atomic E-state index is 5.26. The summed E-state index contributed by atoms with van der Waals surface area (Å²) in [6.45, 7) is 6.27. The van der Waals surface area contributed by atoms with Crippen molar-refractivity contribution in [3.63, 3.8) is 0 Å². The fourth-order valence-electron chi connectivity index (χ4n) is 1.81. The molecule has 0 fully saturated rings. The molecule has 17 heavy (non-hydrogen) atoms. The van der Waals surface area contributed by atoms with E-state index in [4.69, 9.17) is 12.2 Å². The van der Waals surface area contributed by atoms with Gasteiger partial charge in [-0.2, -0.15) is 5.10 Å². The lowest BCUT2D eigenvalue weighted by Gasteiger charge is -2.12. The SMILES string of the molecule is Cc1ccc(Br)cc1-c1n[nH]c(=S)n1C(C)C. The second kappa shape index (κ2) is 4.74. The van der Waals surface area contributed by atoms with Crippen LogP contribution >= 0.6 is 28.1 Å². The average Bonchev–Trinajstić information content (AvgIpc) is 2.64. The first-order valence-corrected chi connectivity index (χ1v) is 6.64. The summed E-state index contributed by atoms with van der Waals surface area (Å²) in [5.74, 6) is 0.892. The van der Waals surface area contributed by atoms with Gasteiger partial charge < -0.3 is 0 Å². The van der Waals surface area contributed by atoms with Crippen LogP contribution in [-0.2, 0) is 0 Å². The number of rotatable bonds is 2. The minimum atomic E-state index is 0.287. The molecule has 0 bridgehead atoms. The van der Waals surface area contributed by atoms with Crippen molar-refractivity contribution in [3.8, 4) is 11.4 Å². The minimum absolute atomic E-state index is 0.287. The lowest BCUT2D eigenvalue weighted by molar-refractivity contribution is 0.597. The summed E-state index contributed by atoms with van der Waals surface area (Å²) in [4.78, 5) is 0. The van der Waals surface area contributed by atoms with E-state index < -0.39 is 0 Å². The minimum Gasteiger partial charge on any atom is -0.298 e. The number of nitrogens with zero attached hydrogens (tertiary/aromatic N) is 2. The van der Waals surface area contributed by atoms with Crippen LogP contribution in [0, 0.1) is 11.7 Å². The zero-order chi connectivity index (χ0) is 12.6. The first kappa shape index (κ1) is 12.5. The van der Waals surface area contributed by atoms with Crippen molar-refractivity contribution in [1.82, 2.24) is 14.8 Å². The molecule has 2 aromatic rings. The van der Waals surface area contributed by atoms with E-state index in [-0.39, 0.29) is 6.04 Å². The third-order valence-corrected chi connectivity index (χ3v) is 3.44. The number of nitrogens with one attached hydrogen (secondary N) is 1. The highest BCUT2D eigenvalue weighted by atomic mass is 79.9. The molecule has 0 aliphatic heterocycles. The number of benzene rings is 1. The summed E-state index contributed by atoms with van der Waals surface area (Å²) >= 11 is 8.75. The summed E-state index contributed by atoms with van der Waals surface area (Å²) in [6.07, 6.45) is 0. The van der Waals surface area contributed by atoms with Crippen LogP contribution in [0.5, 0.6) is 0 Å². The van der Waals surface area contributed by atoms with Gasteiger partial charge in [-0.15, -0.1) is 0 Å². The van der Waals surface area contributed by atoms with Gasteiger partial charge in [0, 0.05) is 16.1 Å². The highest BCUT2D eigenvalue weighted by Crippen LogP contribution is 2.27. The molecule has 0 saturated heterocycles. The molecule has 1 aromatic heterocycles. The van der Waals surface area contributed by atoms with Gasteiger partial charge in [0.25, 0.3) is 0 Å². The summed E-state index contributed by atoms with van der Waals surface area (Å²) in [7, 11) is 0. The van der Waals surface area contributed by atoms with Crippen molar-refractivity contribution in [2.75, 3.05) is 0 Å². The van der Waals surface area contributed by atoms with E-state index in [1.807, 2.05) is 10.6 Å². The maximum Gasteiger partial charge on any atom is 0.195 e. The van der Waals surface area contributed by atoms with E-state index in [1.165, 1.54) is 5.56 Å². The molecular formula is C12H14BrN3S. The Morgan fingerprint density at radius 2 is 2.12 bits per heavy atom. The number of aryl methyl sites for hydroxylation is 1.